The van der Waals surface area contributed by atoms with E-state index in [1.807, 2.05) is 32.0 Å². The summed E-state index contributed by atoms with van der Waals surface area (Å²) in [7, 11) is -0.110. The Hall–Kier alpha value is -3.24. The summed E-state index contributed by atoms with van der Waals surface area (Å²) in [5, 5.41) is 6.56. The van der Waals surface area contributed by atoms with Gasteiger partial charge < -0.3 is 15.5 Å². The number of benzene rings is 1. The van der Waals surface area contributed by atoms with E-state index in [1.54, 1.807) is 6.07 Å². The van der Waals surface area contributed by atoms with Gasteiger partial charge in [-0.25, -0.2) is 18.4 Å². The van der Waals surface area contributed by atoms with E-state index >= 15 is 0 Å². The van der Waals surface area contributed by atoms with Crippen molar-refractivity contribution in [3.63, 3.8) is 0 Å². The van der Waals surface area contributed by atoms with Crippen LogP contribution >= 0.6 is 11.6 Å². The van der Waals surface area contributed by atoms with Crippen LogP contribution in [0.3, 0.4) is 0 Å². The molecule has 1 aliphatic carbocycles. The SMILES string of the molecule is Cc1cc(N(C)C)nc(N[C@H]2CC[C@@H](NC(=O)c3cccnc3S(=O)(=O)c3ccc(Cl)cc3)CC2)n1. The van der Waals surface area contributed by atoms with Crippen molar-refractivity contribution >= 4 is 39.1 Å². The molecule has 0 spiro atoms. The lowest BCUT2D eigenvalue weighted by Crippen LogP contribution is -2.40. The molecule has 1 saturated carbocycles. The van der Waals surface area contributed by atoms with Crippen molar-refractivity contribution in [3.05, 3.63) is 64.9 Å². The number of nitrogens with one attached hydrogen (secondary N) is 2. The van der Waals surface area contributed by atoms with Gasteiger partial charge in [0.05, 0.1) is 10.5 Å². The lowest BCUT2D eigenvalue weighted by molar-refractivity contribution is 0.0922. The third kappa shape index (κ3) is 5.93. The van der Waals surface area contributed by atoms with Crippen LogP contribution in [-0.2, 0) is 9.84 Å². The van der Waals surface area contributed by atoms with Gasteiger partial charge in [-0.05, 0) is 69.0 Å². The molecule has 1 fully saturated rings. The van der Waals surface area contributed by atoms with Gasteiger partial charge in [-0.15, -0.1) is 0 Å². The third-order valence-corrected chi connectivity index (χ3v) is 8.07. The van der Waals surface area contributed by atoms with Gasteiger partial charge in [-0.2, -0.15) is 4.98 Å². The van der Waals surface area contributed by atoms with E-state index in [-0.39, 0.29) is 27.6 Å². The van der Waals surface area contributed by atoms with Gasteiger partial charge in [-0.1, -0.05) is 11.6 Å². The maximum absolute atomic E-state index is 13.2. The number of pyridine rings is 1. The van der Waals surface area contributed by atoms with E-state index in [4.69, 9.17) is 11.6 Å². The standard InChI is InChI=1S/C25H29ClN6O3S/c1-16-15-22(32(2)3)31-25(28-16)30-19-10-8-18(9-11-19)29-23(33)21-5-4-14-27-24(21)36(34,35)20-12-6-17(26)7-13-20/h4-7,12-15,18-19H,8-11H2,1-3H3,(H,29,33)(H,28,30,31)/t18-,19+. The predicted octanol–water partition coefficient (Wildman–Crippen LogP) is 3.89. The van der Waals surface area contributed by atoms with E-state index in [1.165, 1.54) is 36.5 Å². The maximum Gasteiger partial charge on any atom is 0.254 e. The average Bonchev–Trinajstić information content (AvgIpc) is 2.85. The van der Waals surface area contributed by atoms with Gasteiger partial charge in [0.1, 0.15) is 5.82 Å². The fourth-order valence-corrected chi connectivity index (χ4v) is 5.67. The van der Waals surface area contributed by atoms with Crippen LogP contribution in [0.2, 0.25) is 5.02 Å². The predicted molar refractivity (Wildman–Crippen MR) is 139 cm³/mol. The number of aryl methyl sites for hydroxylation is 1. The van der Waals surface area contributed by atoms with Crippen LogP contribution in [0.1, 0.15) is 41.7 Å². The molecular weight excluding hydrogens is 500 g/mol. The number of carbonyl (C=O) groups is 1. The van der Waals surface area contributed by atoms with Gasteiger partial charge in [0.2, 0.25) is 15.8 Å². The molecular formula is C25H29ClN6O3S. The van der Waals surface area contributed by atoms with Crippen LogP contribution in [0, 0.1) is 6.92 Å². The quantitative estimate of drug-likeness (QED) is 0.474. The minimum absolute atomic E-state index is 0.0251. The molecule has 190 valence electrons. The highest BCUT2D eigenvalue weighted by Gasteiger charge is 2.28. The normalized spacial score (nSPS) is 17.9. The van der Waals surface area contributed by atoms with Crippen LogP contribution < -0.4 is 15.5 Å². The molecule has 9 nitrogen and oxygen atoms in total. The molecule has 1 aromatic carbocycles. The Labute approximate surface area is 216 Å². The molecule has 0 bridgehead atoms. The second kappa shape index (κ2) is 10.8. The van der Waals surface area contributed by atoms with Gasteiger partial charge in [0, 0.05) is 49.2 Å². The van der Waals surface area contributed by atoms with Crippen molar-refractivity contribution in [2.24, 2.45) is 0 Å². The molecule has 2 heterocycles. The molecule has 1 aliphatic rings. The number of hydrogen-bond acceptors (Lipinski definition) is 8. The van der Waals surface area contributed by atoms with E-state index in [9.17, 15) is 13.2 Å². The lowest BCUT2D eigenvalue weighted by Gasteiger charge is -2.30. The average molecular weight is 529 g/mol. The largest absolute Gasteiger partial charge is 0.363 e. The zero-order chi connectivity index (χ0) is 25.9. The molecule has 3 aromatic rings. The summed E-state index contributed by atoms with van der Waals surface area (Å²) in [4.78, 5) is 28.2. The van der Waals surface area contributed by atoms with E-state index in [0.717, 1.165) is 37.2 Å². The smallest absolute Gasteiger partial charge is 0.254 e. The van der Waals surface area contributed by atoms with Crippen LogP contribution in [0.25, 0.3) is 0 Å². The number of aromatic nitrogens is 3. The number of carbonyl (C=O) groups excluding carboxylic acids is 1. The summed E-state index contributed by atoms with van der Waals surface area (Å²) in [6.07, 6.45) is 4.50. The maximum atomic E-state index is 13.2. The number of rotatable bonds is 7. The Morgan fingerprint density at radius 1 is 1.03 bits per heavy atom. The van der Waals surface area contributed by atoms with Gasteiger partial charge in [-0.3, -0.25) is 4.79 Å². The second-order valence-electron chi connectivity index (χ2n) is 9.07. The minimum Gasteiger partial charge on any atom is -0.363 e. The highest BCUT2D eigenvalue weighted by atomic mass is 35.5. The summed E-state index contributed by atoms with van der Waals surface area (Å²) in [6.45, 7) is 1.94. The monoisotopic (exact) mass is 528 g/mol. The van der Waals surface area contributed by atoms with Crippen molar-refractivity contribution < 1.29 is 13.2 Å². The number of amides is 1. The first-order valence-corrected chi connectivity index (χ1v) is 13.6. The Bertz CT molecular complexity index is 1340. The molecule has 1 amide bonds. The number of hydrogen-bond donors (Lipinski definition) is 2. The van der Waals surface area contributed by atoms with Crippen molar-refractivity contribution in [1.29, 1.82) is 0 Å². The summed E-state index contributed by atoms with van der Waals surface area (Å²) in [5.74, 6) is 0.982. The third-order valence-electron chi connectivity index (χ3n) is 6.09. The van der Waals surface area contributed by atoms with Crippen LogP contribution in [-0.4, -0.2) is 55.5 Å². The lowest BCUT2D eigenvalue weighted by atomic mass is 9.91. The minimum atomic E-state index is -3.99. The Morgan fingerprint density at radius 3 is 2.36 bits per heavy atom. The Kier molecular flexibility index (Phi) is 7.75. The molecule has 2 N–H and O–H groups in total. The fraction of sp³-hybridized carbons (Fsp3) is 0.360. The first-order chi connectivity index (χ1) is 17.1. The number of anilines is 2. The molecule has 4 rings (SSSR count). The Morgan fingerprint density at radius 2 is 1.69 bits per heavy atom. The van der Waals surface area contributed by atoms with Crippen molar-refractivity contribution in [3.8, 4) is 0 Å². The number of sulfone groups is 1. The molecule has 0 saturated heterocycles. The van der Waals surface area contributed by atoms with Crippen molar-refractivity contribution in [2.75, 3.05) is 24.3 Å². The molecule has 0 unspecified atom stereocenters. The van der Waals surface area contributed by atoms with Gasteiger partial charge >= 0.3 is 0 Å². The highest BCUT2D eigenvalue weighted by Crippen LogP contribution is 2.26. The summed E-state index contributed by atoms with van der Waals surface area (Å²) < 4.78 is 26.3. The molecule has 36 heavy (non-hydrogen) atoms. The van der Waals surface area contributed by atoms with E-state index in [2.05, 4.69) is 25.6 Å². The summed E-state index contributed by atoms with van der Waals surface area (Å²) in [6, 6.07) is 10.9. The first-order valence-electron chi connectivity index (χ1n) is 11.7. The highest BCUT2D eigenvalue weighted by molar-refractivity contribution is 7.91. The number of nitrogens with zero attached hydrogens (tertiary/aromatic N) is 4. The molecule has 0 atom stereocenters. The van der Waals surface area contributed by atoms with Crippen LogP contribution in [0.15, 0.2) is 58.6 Å². The fourth-order valence-electron chi connectivity index (χ4n) is 4.18. The van der Waals surface area contributed by atoms with Crippen LogP contribution in [0.5, 0.6) is 0 Å². The zero-order valence-corrected chi connectivity index (χ0v) is 22.0. The zero-order valence-electron chi connectivity index (χ0n) is 20.4. The Balaban J connectivity index is 1.41. The van der Waals surface area contributed by atoms with Crippen molar-refractivity contribution in [2.45, 2.75) is 54.6 Å². The first kappa shape index (κ1) is 25.8. The van der Waals surface area contributed by atoms with E-state index < -0.39 is 15.7 Å². The van der Waals surface area contributed by atoms with E-state index in [0.29, 0.717) is 11.0 Å². The second-order valence-corrected chi connectivity index (χ2v) is 11.4. The molecule has 11 heteroatoms. The summed E-state index contributed by atoms with van der Waals surface area (Å²) in [5.41, 5.74) is 0.912. The molecule has 0 radical (unpaired) electrons. The topological polar surface area (TPSA) is 117 Å². The van der Waals surface area contributed by atoms with Crippen molar-refractivity contribution in [1.82, 2.24) is 20.3 Å². The molecule has 2 aromatic heterocycles. The summed E-state index contributed by atoms with van der Waals surface area (Å²) >= 11 is 5.89. The molecule has 0 aliphatic heterocycles. The van der Waals surface area contributed by atoms with Gasteiger partial charge in [0.25, 0.3) is 5.91 Å². The number of halogens is 1. The van der Waals surface area contributed by atoms with Crippen LogP contribution in [0.4, 0.5) is 11.8 Å². The van der Waals surface area contributed by atoms with Gasteiger partial charge in [0.15, 0.2) is 5.03 Å².